The van der Waals surface area contributed by atoms with Gasteiger partial charge in [0.1, 0.15) is 0 Å². The third-order valence-electron chi connectivity index (χ3n) is 20.1. The summed E-state index contributed by atoms with van der Waals surface area (Å²) in [7, 11) is 9.60. The van der Waals surface area contributed by atoms with Crippen LogP contribution in [0.3, 0.4) is 0 Å². The van der Waals surface area contributed by atoms with Gasteiger partial charge in [0.2, 0.25) is 0 Å². The average molecular weight is 1620 g/mol. The molecule has 118 heavy (non-hydrogen) atoms. The molecule has 0 radical (unpaired) electrons. The van der Waals surface area contributed by atoms with Crippen LogP contribution in [-0.2, 0) is 6.54 Å². The van der Waals surface area contributed by atoms with E-state index < -0.39 is 0 Å². The minimum absolute atomic E-state index is 0.133. The van der Waals surface area contributed by atoms with Crippen molar-refractivity contribution in [2.75, 3.05) is 264 Å². The molecule has 0 fully saturated rings. The SMILES string of the molecule is CCN1CCN=Cc2ccc(cc2)C(=O)NCCN(CCNC)CCNC(=O)c2ccc(cc2)C=NCCN(CCNC)CCN=Cc2ccc(cc2)C(=O)NCCN(CCNC)CCNC(=O)c2ccc(cc2)C=NCCN(CCNC)CCN=Cc2ccc(cc2)C(=O)NCCN(CCNC)CCNC(=O)c2ccc(cc2)CNCC1. The van der Waals surface area contributed by atoms with E-state index in [9.17, 15) is 28.8 Å². The van der Waals surface area contributed by atoms with Crippen molar-refractivity contribution in [3.05, 3.63) is 212 Å². The Morgan fingerprint density at radius 1 is 0.263 bits per heavy atom. The molecule has 0 atom stereocenters. The van der Waals surface area contributed by atoms with Crippen LogP contribution in [0.15, 0.2) is 171 Å². The van der Waals surface area contributed by atoms with Gasteiger partial charge in [-0.15, -0.1) is 0 Å². The molecule has 6 aromatic rings. The first-order valence-electron chi connectivity index (χ1n) is 41.8. The van der Waals surface area contributed by atoms with Crippen LogP contribution in [0, 0.1) is 0 Å². The van der Waals surface area contributed by atoms with Crippen LogP contribution in [0.1, 0.15) is 102 Å². The second-order valence-corrected chi connectivity index (χ2v) is 28.9. The van der Waals surface area contributed by atoms with Crippen LogP contribution in [0.25, 0.3) is 0 Å². The Morgan fingerprint density at radius 3 is 0.669 bits per heavy atom. The van der Waals surface area contributed by atoms with Gasteiger partial charge >= 0.3 is 0 Å². The van der Waals surface area contributed by atoms with Crippen molar-refractivity contribution in [3.8, 4) is 0 Å². The number of amides is 6. The maximum atomic E-state index is 13.3. The zero-order valence-electron chi connectivity index (χ0n) is 70.6. The van der Waals surface area contributed by atoms with Gasteiger partial charge in [-0.25, -0.2) is 0 Å². The fraction of sp³-hybridized carbons (Fsp3) is 0.472. The van der Waals surface area contributed by atoms with Crippen LogP contribution in [0.2, 0.25) is 0 Å². The van der Waals surface area contributed by atoms with E-state index in [1.807, 2.05) is 212 Å². The fourth-order valence-electron chi connectivity index (χ4n) is 12.7. The Kier molecular flexibility index (Phi) is 46.8. The van der Waals surface area contributed by atoms with Crippen molar-refractivity contribution in [2.24, 2.45) is 25.0 Å². The molecule has 16 rings (SSSR count). The molecule has 0 unspecified atom stereocenters. The summed E-state index contributed by atoms with van der Waals surface area (Å²) < 4.78 is 0. The first kappa shape index (κ1) is 95.2. The third kappa shape index (κ3) is 38.6. The van der Waals surface area contributed by atoms with E-state index in [1.165, 1.54) is 0 Å². The highest BCUT2D eigenvalue weighted by molar-refractivity contribution is 5.98. The zero-order valence-corrected chi connectivity index (χ0v) is 70.6. The van der Waals surface area contributed by atoms with Crippen molar-refractivity contribution >= 4 is 66.5 Å². The molecule has 6 aromatic carbocycles. The third-order valence-corrected chi connectivity index (χ3v) is 20.1. The molecule has 6 amide bonds. The van der Waals surface area contributed by atoms with E-state index in [-0.39, 0.29) is 35.4 Å². The molecule has 29 nitrogen and oxygen atoms in total. The van der Waals surface area contributed by atoms with E-state index >= 15 is 0 Å². The monoisotopic (exact) mass is 1620 g/mol. The first-order valence-corrected chi connectivity index (χ1v) is 41.8. The molecule has 0 aromatic heterocycles. The molecular weight excluding hydrogens is 1490 g/mol. The predicted molar refractivity (Wildman–Crippen MR) is 481 cm³/mol. The standard InChI is InChI=1S/C89H131N23O6/c1-7-107-54-37-95-66-72-8-20-78(21-9-72)84(113)101-43-60-110(51-34-92-4)62-45-103-86(115)80-24-12-74(13-25-80)68-97-39-56-108(49-32-90-2)58-41-99-70-76-16-28-82(29-17-76)88(117)105-47-64-112(53-36-94-6)65-48-106-89(118)83-30-18-77(19-31-83)71-100-42-59-109(50-33-91-3)57-40-98-69-75-14-26-81(27-15-75)87(116)104-46-63-111(52-35-93-5)61-44-102-85(114)79-22-10-73(11-23-79)67-96-38-55-107/h8-31,66,68-71,90-94,96H,7,32-65,67H2,1-6H3,(H,101,113)(H,102,114)(H,103,115)(H,104,116)(H,105,117)(H,106,118). The van der Waals surface area contributed by atoms with Gasteiger partial charge in [0.25, 0.3) is 35.4 Å². The summed E-state index contributed by atoms with van der Waals surface area (Å²) in [4.78, 5) is 117. The molecule has 0 saturated heterocycles. The van der Waals surface area contributed by atoms with Crippen molar-refractivity contribution < 1.29 is 28.8 Å². The Morgan fingerprint density at radius 2 is 0.458 bits per heavy atom. The minimum Gasteiger partial charge on any atom is -0.351 e. The van der Waals surface area contributed by atoms with Crippen molar-refractivity contribution in [1.29, 1.82) is 0 Å². The van der Waals surface area contributed by atoms with Crippen LogP contribution in [0.4, 0.5) is 0 Å². The zero-order chi connectivity index (χ0) is 83.8. The minimum atomic E-state index is -0.159. The van der Waals surface area contributed by atoms with Gasteiger partial charge in [-0.05, 0) is 148 Å². The molecule has 0 spiro atoms. The van der Waals surface area contributed by atoms with E-state index in [2.05, 4.69) is 100 Å². The summed E-state index contributed by atoms with van der Waals surface area (Å²) in [6.45, 7) is 26.4. The summed E-state index contributed by atoms with van der Waals surface area (Å²) >= 11 is 0. The van der Waals surface area contributed by atoms with Gasteiger partial charge in [0.15, 0.2) is 0 Å². The number of aliphatic imine (C=N–C) groups is 5. The highest BCUT2D eigenvalue weighted by Gasteiger charge is 2.16. The van der Waals surface area contributed by atoms with Gasteiger partial charge in [-0.2, -0.15) is 0 Å². The lowest BCUT2D eigenvalue weighted by Crippen LogP contribution is -2.42. The highest BCUT2D eigenvalue weighted by Crippen LogP contribution is 2.11. The Hall–Kier alpha value is -9.99. The average Bonchev–Trinajstić information content (AvgIpc) is 0.910. The van der Waals surface area contributed by atoms with E-state index in [4.69, 9.17) is 25.0 Å². The van der Waals surface area contributed by atoms with Gasteiger partial charge in [0.05, 0.1) is 32.7 Å². The number of carbonyl (C=O) groups is 6. The maximum Gasteiger partial charge on any atom is 0.251 e. The molecule has 10 heterocycles. The topological polar surface area (TPSA) is 328 Å². The van der Waals surface area contributed by atoms with E-state index in [1.54, 1.807) is 0 Å². The molecule has 10 aliphatic rings. The second-order valence-electron chi connectivity index (χ2n) is 28.9. The van der Waals surface area contributed by atoms with Crippen LogP contribution >= 0.6 is 0 Å². The number of carbonyl (C=O) groups excluding carboxylic acids is 6. The van der Waals surface area contributed by atoms with Gasteiger partial charge < -0.3 is 68.7 Å². The number of nitrogens with one attached hydrogen (secondary N) is 12. The molecule has 0 saturated carbocycles. The highest BCUT2D eigenvalue weighted by atomic mass is 16.2. The van der Waals surface area contributed by atoms with Gasteiger partial charge in [-0.3, -0.25) is 78.2 Å². The summed E-state index contributed by atoms with van der Waals surface area (Å²) in [5.41, 5.74) is 9.04. The lowest BCUT2D eigenvalue weighted by atomic mass is 10.1. The molecular formula is C89H131N23O6. The fourth-order valence-corrected chi connectivity index (χ4v) is 12.7. The number of hydrogen-bond donors (Lipinski definition) is 12. The van der Waals surface area contributed by atoms with Crippen LogP contribution in [-0.4, -0.2) is 360 Å². The maximum absolute atomic E-state index is 13.3. The molecule has 10 aliphatic heterocycles. The molecule has 638 valence electrons. The number of hydrogen-bond acceptors (Lipinski definition) is 23. The van der Waals surface area contributed by atoms with Gasteiger partial charge in [-0.1, -0.05) is 79.7 Å². The summed E-state index contributed by atoms with van der Waals surface area (Å²) in [5.74, 6) is -0.915. The number of rotatable bonds is 16. The quantitative estimate of drug-likeness (QED) is 0.0663. The summed E-state index contributed by atoms with van der Waals surface area (Å²) in [6, 6.07) is 44.9. The Bertz CT molecular complexity index is 3990. The summed E-state index contributed by atoms with van der Waals surface area (Å²) in [6.07, 6.45) is 9.21. The van der Waals surface area contributed by atoms with Crippen LogP contribution < -0.4 is 63.8 Å². The van der Waals surface area contributed by atoms with Gasteiger partial charge in [0, 0.05) is 261 Å². The van der Waals surface area contributed by atoms with E-state index in [0.29, 0.717) is 151 Å². The first-order chi connectivity index (χ1) is 57.8. The Labute approximate surface area is 700 Å². The molecule has 12 bridgehead atoms. The number of likely N-dealkylation sites (N-methyl/N-ethyl adjacent to an activating group) is 6. The Balaban J connectivity index is 0.898. The lowest BCUT2D eigenvalue weighted by molar-refractivity contribution is 0.0932. The summed E-state index contributed by atoms with van der Waals surface area (Å²) in [5, 5.41) is 38.0. The van der Waals surface area contributed by atoms with Crippen molar-refractivity contribution in [1.82, 2.24) is 93.2 Å². The second kappa shape index (κ2) is 58.0. The van der Waals surface area contributed by atoms with Crippen LogP contribution in [0.5, 0.6) is 0 Å². The smallest absolute Gasteiger partial charge is 0.251 e. The van der Waals surface area contributed by atoms with E-state index in [0.717, 1.165) is 151 Å². The molecule has 0 aliphatic carbocycles. The molecule has 29 heteroatoms. The molecule has 12 N–H and O–H groups in total. The predicted octanol–water partition coefficient (Wildman–Crippen LogP) is 2.69. The lowest BCUT2D eigenvalue weighted by Gasteiger charge is -2.22. The number of nitrogens with zero attached hydrogens (tertiary/aromatic N) is 11. The van der Waals surface area contributed by atoms with Crippen molar-refractivity contribution in [3.63, 3.8) is 0 Å². The number of benzene rings is 6. The van der Waals surface area contributed by atoms with Crippen molar-refractivity contribution in [2.45, 2.75) is 13.5 Å². The normalized spacial score (nSPS) is 17.4. The largest absolute Gasteiger partial charge is 0.351 e.